The summed E-state index contributed by atoms with van der Waals surface area (Å²) in [5, 5.41) is 0. The third-order valence-corrected chi connectivity index (χ3v) is 4.45. The Morgan fingerprint density at radius 1 is 1.33 bits per heavy atom. The number of hydrogen-bond acceptors (Lipinski definition) is 3. The highest BCUT2D eigenvalue weighted by Crippen LogP contribution is 2.25. The molecular formula is C15H20N4O2. The van der Waals surface area contributed by atoms with Crippen molar-refractivity contribution in [3.8, 4) is 0 Å². The lowest BCUT2D eigenvalue weighted by Gasteiger charge is -2.35. The number of hydrogen-bond donors (Lipinski definition) is 2. The second-order valence-corrected chi connectivity index (χ2v) is 5.66. The summed E-state index contributed by atoms with van der Waals surface area (Å²) in [6.07, 6.45) is 1.69. The number of aromatic amines is 1. The Labute approximate surface area is 122 Å². The van der Waals surface area contributed by atoms with Crippen LogP contribution in [0.5, 0.6) is 0 Å². The number of imidazole rings is 1. The third kappa shape index (κ3) is 2.47. The molecule has 6 heteroatoms. The number of fused-ring (bicyclic) bond motifs is 1. The molecule has 1 fully saturated rings. The lowest BCUT2D eigenvalue weighted by atomic mass is 10.0. The first-order valence-electron chi connectivity index (χ1n) is 7.30. The predicted octanol–water partition coefficient (Wildman–Crippen LogP) is 0.840. The molecule has 1 aromatic heterocycles. The number of likely N-dealkylation sites (tertiary alicyclic amines) is 1. The maximum Gasteiger partial charge on any atom is 0.326 e. The number of primary amides is 1. The lowest BCUT2D eigenvalue weighted by molar-refractivity contribution is -0.123. The summed E-state index contributed by atoms with van der Waals surface area (Å²) in [7, 11) is 0. The first-order chi connectivity index (χ1) is 10.1. The van der Waals surface area contributed by atoms with Crippen molar-refractivity contribution in [2.24, 2.45) is 5.73 Å². The highest BCUT2D eigenvalue weighted by atomic mass is 16.2. The van der Waals surface area contributed by atoms with Gasteiger partial charge in [0, 0.05) is 19.1 Å². The van der Waals surface area contributed by atoms with Gasteiger partial charge in [-0.3, -0.25) is 14.3 Å². The van der Waals surface area contributed by atoms with Gasteiger partial charge < -0.3 is 10.7 Å². The van der Waals surface area contributed by atoms with Crippen molar-refractivity contribution in [1.82, 2.24) is 14.5 Å². The molecule has 0 saturated carbocycles. The Balaban J connectivity index is 1.82. The van der Waals surface area contributed by atoms with Gasteiger partial charge in [-0.25, -0.2) is 4.79 Å². The van der Waals surface area contributed by atoms with Gasteiger partial charge in [0.2, 0.25) is 5.91 Å². The fraction of sp³-hybridized carbons (Fsp3) is 0.467. The zero-order valence-electron chi connectivity index (χ0n) is 12.1. The second kappa shape index (κ2) is 5.37. The van der Waals surface area contributed by atoms with E-state index in [1.807, 2.05) is 35.8 Å². The van der Waals surface area contributed by atoms with Crippen molar-refractivity contribution in [2.45, 2.75) is 31.8 Å². The SMILES string of the molecule is C[C@H](C(N)=O)N1CCC(n2c(=O)[nH]c3ccccc32)CC1. The van der Waals surface area contributed by atoms with E-state index >= 15 is 0 Å². The van der Waals surface area contributed by atoms with Crippen molar-refractivity contribution < 1.29 is 4.79 Å². The number of nitrogens with two attached hydrogens (primary N) is 1. The minimum atomic E-state index is -0.294. The number of rotatable bonds is 3. The monoisotopic (exact) mass is 288 g/mol. The zero-order valence-corrected chi connectivity index (χ0v) is 12.1. The summed E-state index contributed by atoms with van der Waals surface area (Å²) in [6, 6.07) is 7.66. The van der Waals surface area contributed by atoms with Crippen molar-refractivity contribution >= 4 is 16.9 Å². The minimum absolute atomic E-state index is 0.0578. The van der Waals surface area contributed by atoms with Gasteiger partial charge in [-0.2, -0.15) is 0 Å². The summed E-state index contributed by atoms with van der Waals surface area (Å²) < 4.78 is 1.85. The number of nitrogens with one attached hydrogen (secondary N) is 1. The van der Waals surface area contributed by atoms with E-state index in [0.29, 0.717) is 0 Å². The van der Waals surface area contributed by atoms with Crippen LogP contribution < -0.4 is 11.4 Å². The molecule has 0 bridgehead atoms. The molecule has 2 aromatic rings. The van der Waals surface area contributed by atoms with Crippen LogP contribution in [0.2, 0.25) is 0 Å². The predicted molar refractivity (Wildman–Crippen MR) is 81.1 cm³/mol. The van der Waals surface area contributed by atoms with Gasteiger partial charge in [0.05, 0.1) is 17.1 Å². The number of amides is 1. The number of para-hydroxylation sites is 2. The molecule has 0 spiro atoms. The van der Waals surface area contributed by atoms with Crippen LogP contribution in [-0.2, 0) is 4.79 Å². The number of piperidine rings is 1. The van der Waals surface area contributed by atoms with Gasteiger partial charge >= 0.3 is 5.69 Å². The Morgan fingerprint density at radius 3 is 2.67 bits per heavy atom. The quantitative estimate of drug-likeness (QED) is 0.877. The number of H-pyrrole nitrogens is 1. The van der Waals surface area contributed by atoms with Crippen molar-refractivity contribution in [3.05, 3.63) is 34.7 Å². The van der Waals surface area contributed by atoms with Crippen LogP contribution in [-0.4, -0.2) is 39.5 Å². The van der Waals surface area contributed by atoms with Crippen molar-refractivity contribution in [2.75, 3.05) is 13.1 Å². The van der Waals surface area contributed by atoms with Gasteiger partial charge in [0.15, 0.2) is 0 Å². The van der Waals surface area contributed by atoms with E-state index in [4.69, 9.17) is 5.73 Å². The Kier molecular flexibility index (Phi) is 3.55. The summed E-state index contributed by atoms with van der Waals surface area (Å²) in [4.78, 5) is 28.4. The maximum atomic E-state index is 12.2. The molecule has 0 unspecified atom stereocenters. The van der Waals surface area contributed by atoms with Crippen LogP contribution >= 0.6 is 0 Å². The van der Waals surface area contributed by atoms with Crippen LogP contribution in [0.1, 0.15) is 25.8 Å². The van der Waals surface area contributed by atoms with Gasteiger partial charge in [0.1, 0.15) is 0 Å². The van der Waals surface area contributed by atoms with E-state index in [2.05, 4.69) is 9.88 Å². The molecular weight excluding hydrogens is 268 g/mol. The van der Waals surface area contributed by atoms with Gasteiger partial charge in [-0.05, 0) is 31.9 Å². The van der Waals surface area contributed by atoms with Crippen molar-refractivity contribution in [1.29, 1.82) is 0 Å². The Morgan fingerprint density at radius 2 is 2.00 bits per heavy atom. The molecule has 1 aliphatic heterocycles. The molecule has 1 aromatic carbocycles. The first-order valence-corrected chi connectivity index (χ1v) is 7.30. The largest absolute Gasteiger partial charge is 0.368 e. The summed E-state index contributed by atoms with van der Waals surface area (Å²) in [6.45, 7) is 3.39. The number of benzene rings is 1. The molecule has 3 rings (SSSR count). The fourth-order valence-corrected chi connectivity index (χ4v) is 3.15. The van der Waals surface area contributed by atoms with Crippen LogP contribution in [0.25, 0.3) is 11.0 Å². The highest BCUT2D eigenvalue weighted by molar-refractivity contribution is 5.79. The van der Waals surface area contributed by atoms with Crippen LogP contribution in [0.15, 0.2) is 29.1 Å². The maximum absolute atomic E-state index is 12.2. The molecule has 1 atom stereocenters. The molecule has 112 valence electrons. The summed E-state index contributed by atoms with van der Waals surface area (Å²) in [5.41, 5.74) is 7.11. The number of carbonyl (C=O) groups excluding carboxylic acids is 1. The van der Waals surface area contributed by atoms with E-state index in [1.54, 1.807) is 0 Å². The Hall–Kier alpha value is -2.08. The number of aromatic nitrogens is 2. The molecule has 1 saturated heterocycles. The normalized spacial score (nSPS) is 18.9. The van der Waals surface area contributed by atoms with Crippen LogP contribution in [0.3, 0.4) is 0 Å². The highest BCUT2D eigenvalue weighted by Gasteiger charge is 2.27. The summed E-state index contributed by atoms with van der Waals surface area (Å²) in [5.74, 6) is -0.294. The molecule has 0 radical (unpaired) electrons. The van der Waals surface area contributed by atoms with E-state index in [1.165, 1.54) is 0 Å². The molecule has 1 amide bonds. The van der Waals surface area contributed by atoms with Gasteiger partial charge in [-0.1, -0.05) is 12.1 Å². The molecule has 0 aliphatic carbocycles. The second-order valence-electron chi connectivity index (χ2n) is 5.66. The van der Waals surface area contributed by atoms with Crippen molar-refractivity contribution in [3.63, 3.8) is 0 Å². The lowest BCUT2D eigenvalue weighted by Crippen LogP contribution is -2.47. The van der Waals surface area contributed by atoms with Crippen LogP contribution in [0.4, 0.5) is 0 Å². The average molecular weight is 288 g/mol. The average Bonchev–Trinajstić information content (AvgIpc) is 2.82. The molecule has 2 heterocycles. The van der Waals surface area contributed by atoms with Crippen LogP contribution in [0, 0.1) is 0 Å². The Bertz CT molecular complexity index is 710. The van der Waals surface area contributed by atoms with Gasteiger partial charge in [0.25, 0.3) is 0 Å². The topological polar surface area (TPSA) is 84.1 Å². The standard InChI is InChI=1S/C15H20N4O2/c1-10(14(16)20)18-8-6-11(7-9-18)19-13-5-3-2-4-12(13)17-15(19)21/h2-5,10-11H,6-9H2,1H3,(H2,16,20)(H,17,21)/t10-/m1/s1. The van der Waals surface area contributed by atoms with E-state index in [-0.39, 0.29) is 23.7 Å². The van der Waals surface area contributed by atoms with Gasteiger partial charge in [-0.15, -0.1) is 0 Å². The molecule has 1 aliphatic rings. The molecule has 21 heavy (non-hydrogen) atoms. The third-order valence-electron chi connectivity index (χ3n) is 4.45. The number of carbonyl (C=O) groups is 1. The smallest absolute Gasteiger partial charge is 0.326 e. The van der Waals surface area contributed by atoms with E-state index < -0.39 is 0 Å². The molecule has 3 N–H and O–H groups in total. The first kappa shape index (κ1) is 13.9. The zero-order chi connectivity index (χ0) is 15.0. The summed E-state index contributed by atoms with van der Waals surface area (Å²) >= 11 is 0. The minimum Gasteiger partial charge on any atom is -0.368 e. The molecule has 6 nitrogen and oxygen atoms in total. The fourth-order valence-electron chi connectivity index (χ4n) is 3.15. The van der Waals surface area contributed by atoms with E-state index in [9.17, 15) is 9.59 Å². The number of nitrogens with zero attached hydrogens (tertiary/aromatic N) is 2. The van der Waals surface area contributed by atoms with E-state index in [0.717, 1.165) is 37.0 Å².